The third kappa shape index (κ3) is 4.69. The Morgan fingerprint density at radius 1 is 1.26 bits per heavy atom. The van der Waals surface area contributed by atoms with Crippen molar-refractivity contribution in [1.29, 1.82) is 0 Å². The third-order valence-corrected chi connectivity index (χ3v) is 4.98. The fourth-order valence-corrected chi connectivity index (χ4v) is 3.67. The number of hydrogen-bond donors (Lipinski definition) is 2. The summed E-state index contributed by atoms with van der Waals surface area (Å²) < 4.78 is 0. The van der Waals surface area contributed by atoms with Crippen LogP contribution in [0.1, 0.15) is 25.7 Å². The number of likely N-dealkylation sites (tertiary alicyclic amines) is 1. The number of nitrogens with one attached hydrogen (secondary N) is 1. The van der Waals surface area contributed by atoms with Crippen LogP contribution >= 0.6 is 11.8 Å². The molecule has 2 N–H and O–H groups in total. The first-order valence-corrected chi connectivity index (χ1v) is 8.11. The summed E-state index contributed by atoms with van der Waals surface area (Å²) >= 11 is 1.90. The molecule has 2 aliphatic rings. The van der Waals surface area contributed by atoms with Crippen LogP contribution in [0.25, 0.3) is 0 Å². The van der Waals surface area contributed by atoms with Crippen LogP contribution in [0.5, 0.6) is 0 Å². The minimum atomic E-state index is -0.729. The van der Waals surface area contributed by atoms with Crippen molar-refractivity contribution < 1.29 is 14.7 Å². The lowest BCUT2D eigenvalue weighted by Gasteiger charge is -2.33. The molecule has 2 saturated heterocycles. The summed E-state index contributed by atoms with van der Waals surface area (Å²) in [7, 11) is 0. The highest BCUT2D eigenvalue weighted by molar-refractivity contribution is 7.99. The van der Waals surface area contributed by atoms with Crippen LogP contribution in [0.2, 0.25) is 0 Å². The van der Waals surface area contributed by atoms with E-state index in [1.54, 1.807) is 0 Å². The molecule has 2 heterocycles. The van der Waals surface area contributed by atoms with Crippen LogP contribution < -0.4 is 5.32 Å². The van der Waals surface area contributed by atoms with Gasteiger partial charge in [-0.3, -0.25) is 9.59 Å². The predicted octanol–water partition coefficient (Wildman–Crippen LogP) is 0.795. The number of amides is 1. The van der Waals surface area contributed by atoms with Gasteiger partial charge in [-0.1, -0.05) is 0 Å². The van der Waals surface area contributed by atoms with Gasteiger partial charge in [0.25, 0.3) is 0 Å². The highest BCUT2D eigenvalue weighted by atomic mass is 32.2. The summed E-state index contributed by atoms with van der Waals surface area (Å²) in [4.78, 5) is 24.7. The molecular weight excluding hydrogens is 264 g/mol. The van der Waals surface area contributed by atoms with E-state index in [4.69, 9.17) is 5.11 Å². The van der Waals surface area contributed by atoms with Gasteiger partial charge in [0.15, 0.2) is 0 Å². The monoisotopic (exact) mass is 286 g/mol. The molecule has 0 aromatic heterocycles. The van der Waals surface area contributed by atoms with E-state index >= 15 is 0 Å². The second-order valence-corrected chi connectivity index (χ2v) is 6.50. The number of carbonyl (C=O) groups excluding carboxylic acids is 1. The van der Waals surface area contributed by atoms with Crippen molar-refractivity contribution in [3.8, 4) is 0 Å². The first kappa shape index (κ1) is 14.7. The number of rotatable bonds is 4. The molecule has 0 saturated carbocycles. The highest BCUT2D eigenvalue weighted by Gasteiger charge is 2.26. The van der Waals surface area contributed by atoms with E-state index < -0.39 is 5.97 Å². The Bertz CT molecular complexity index is 324. The van der Waals surface area contributed by atoms with Gasteiger partial charge in [-0.15, -0.1) is 0 Å². The normalized spacial score (nSPS) is 25.3. The van der Waals surface area contributed by atoms with Crippen molar-refractivity contribution in [2.24, 2.45) is 5.92 Å². The number of hydrogen-bond acceptors (Lipinski definition) is 4. The summed E-state index contributed by atoms with van der Waals surface area (Å²) in [5.41, 5.74) is 0. The Hall–Kier alpha value is -0.750. The molecule has 2 aliphatic heterocycles. The van der Waals surface area contributed by atoms with E-state index in [1.165, 1.54) is 0 Å². The van der Waals surface area contributed by atoms with Crippen LogP contribution in [0, 0.1) is 5.92 Å². The molecule has 6 heteroatoms. The maximum absolute atomic E-state index is 12.2. The molecular formula is C13H22N2O3S. The summed E-state index contributed by atoms with van der Waals surface area (Å²) in [6.07, 6.45) is 2.47. The molecule has 19 heavy (non-hydrogen) atoms. The van der Waals surface area contributed by atoms with Crippen molar-refractivity contribution >= 4 is 23.6 Å². The van der Waals surface area contributed by atoms with Gasteiger partial charge in [0, 0.05) is 50.0 Å². The lowest BCUT2D eigenvalue weighted by Crippen LogP contribution is -2.45. The average Bonchev–Trinajstić information content (AvgIpc) is 2.40. The fraction of sp³-hybridized carbons (Fsp3) is 0.846. The Kier molecular flexibility index (Phi) is 5.51. The van der Waals surface area contributed by atoms with Gasteiger partial charge < -0.3 is 15.3 Å². The number of aliphatic carboxylic acids is 1. The molecule has 0 aromatic carbocycles. The number of carboxylic acid groups (broad SMARTS) is 1. The van der Waals surface area contributed by atoms with Crippen LogP contribution in [-0.4, -0.2) is 59.1 Å². The zero-order valence-corrected chi connectivity index (χ0v) is 12.0. The summed E-state index contributed by atoms with van der Waals surface area (Å²) in [6.45, 7) is 2.43. The second kappa shape index (κ2) is 7.14. The van der Waals surface area contributed by atoms with Crippen molar-refractivity contribution in [2.75, 3.05) is 31.1 Å². The molecule has 0 spiro atoms. The number of carbonyl (C=O) groups is 2. The highest BCUT2D eigenvalue weighted by Crippen LogP contribution is 2.21. The lowest BCUT2D eigenvalue weighted by molar-refractivity contribution is -0.138. The molecule has 0 bridgehead atoms. The quantitative estimate of drug-likeness (QED) is 0.800. The van der Waals surface area contributed by atoms with Gasteiger partial charge in [-0.05, 0) is 18.8 Å². The van der Waals surface area contributed by atoms with Gasteiger partial charge in [0.05, 0.1) is 0 Å². The van der Waals surface area contributed by atoms with E-state index in [0.717, 1.165) is 44.0 Å². The largest absolute Gasteiger partial charge is 0.481 e. The molecule has 5 nitrogen and oxygen atoms in total. The SMILES string of the molecule is O=C(O)CC1CCN(C(=O)CC2CSCCN2)CC1. The molecule has 0 aromatic rings. The molecule has 2 fully saturated rings. The Morgan fingerprint density at radius 3 is 2.58 bits per heavy atom. The van der Waals surface area contributed by atoms with E-state index in [9.17, 15) is 9.59 Å². The molecule has 0 radical (unpaired) electrons. The Morgan fingerprint density at radius 2 is 2.00 bits per heavy atom. The maximum Gasteiger partial charge on any atom is 0.303 e. The van der Waals surface area contributed by atoms with Crippen molar-refractivity contribution in [1.82, 2.24) is 10.2 Å². The smallest absolute Gasteiger partial charge is 0.303 e. The Balaban J connectivity index is 1.71. The van der Waals surface area contributed by atoms with Crippen LogP contribution in [-0.2, 0) is 9.59 Å². The maximum atomic E-state index is 12.2. The molecule has 2 rings (SSSR count). The number of nitrogens with zero attached hydrogens (tertiary/aromatic N) is 1. The van der Waals surface area contributed by atoms with E-state index in [2.05, 4.69) is 5.32 Å². The van der Waals surface area contributed by atoms with Gasteiger partial charge in [-0.2, -0.15) is 11.8 Å². The number of piperidine rings is 1. The van der Waals surface area contributed by atoms with E-state index in [-0.39, 0.29) is 18.2 Å². The third-order valence-electron chi connectivity index (χ3n) is 3.85. The van der Waals surface area contributed by atoms with E-state index in [1.807, 2.05) is 16.7 Å². The second-order valence-electron chi connectivity index (χ2n) is 5.35. The molecule has 0 aliphatic carbocycles. The minimum absolute atomic E-state index is 0.216. The molecule has 1 atom stereocenters. The van der Waals surface area contributed by atoms with Crippen LogP contribution in [0.15, 0.2) is 0 Å². The zero-order valence-electron chi connectivity index (χ0n) is 11.1. The van der Waals surface area contributed by atoms with Crippen molar-refractivity contribution in [3.63, 3.8) is 0 Å². The van der Waals surface area contributed by atoms with Crippen molar-refractivity contribution in [3.05, 3.63) is 0 Å². The van der Waals surface area contributed by atoms with Gasteiger partial charge >= 0.3 is 5.97 Å². The zero-order chi connectivity index (χ0) is 13.7. The van der Waals surface area contributed by atoms with Crippen molar-refractivity contribution in [2.45, 2.75) is 31.7 Å². The Labute approximate surface area is 118 Å². The summed E-state index contributed by atoms with van der Waals surface area (Å²) in [6, 6.07) is 0.308. The fourth-order valence-electron chi connectivity index (χ4n) is 2.72. The van der Waals surface area contributed by atoms with Gasteiger partial charge in [-0.25, -0.2) is 0 Å². The topological polar surface area (TPSA) is 69.6 Å². The molecule has 1 unspecified atom stereocenters. The summed E-state index contributed by atoms with van der Waals surface area (Å²) in [5.74, 6) is 1.87. The summed E-state index contributed by atoms with van der Waals surface area (Å²) in [5, 5.41) is 12.1. The molecule has 108 valence electrons. The lowest BCUT2D eigenvalue weighted by atomic mass is 9.93. The van der Waals surface area contributed by atoms with Gasteiger partial charge in [0.1, 0.15) is 0 Å². The first-order valence-electron chi connectivity index (χ1n) is 6.96. The number of carboxylic acids is 1. The number of thioether (sulfide) groups is 1. The average molecular weight is 286 g/mol. The standard InChI is InChI=1S/C13H22N2O3S/c16-12(8-11-9-19-6-3-14-11)15-4-1-10(2-5-15)7-13(17)18/h10-11,14H,1-9H2,(H,17,18). The first-order chi connectivity index (χ1) is 9.15. The van der Waals surface area contributed by atoms with Crippen LogP contribution in [0.4, 0.5) is 0 Å². The van der Waals surface area contributed by atoms with Crippen LogP contribution in [0.3, 0.4) is 0 Å². The predicted molar refractivity (Wildman–Crippen MR) is 75.3 cm³/mol. The van der Waals surface area contributed by atoms with Gasteiger partial charge in [0.2, 0.25) is 5.91 Å². The molecule has 1 amide bonds. The van der Waals surface area contributed by atoms with E-state index in [0.29, 0.717) is 12.5 Å². The minimum Gasteiger partial charge on any atom is -0.481 e.